The normalized spacial score (nSPS) is 26.8. The largest absolute Gasteiger partial charge is 0.456 e. The van der Waals surface area contributed by atoms with Gasteiger partial charge in [0.15, 0.2) is 5.82 Å². The van der Waals surface area contributed by atoms with Crippen LogP contribution in [0.5, 0.6) is 0 Å². The number of likely N-dealkylation sites (tertiary alicyclic amines) is 1. The van der Waals surface area contributed by atoms with Crippen LogP contribution in [0.2, 0.25) is 0 Å². The molecule has 168 valence electrons. The molecule has 1 saturated carbocycles. The van der Waals surface area contributed by atoms with Crippen LogP contribution >= 0.6 is 0 Å². The Balaban J connectivity index is 1.18. The van der Waals surface area contributed by atoms with E-state index in [9.17, 15) is 9.59 Å². The third kappa shape index (κ3) is 3.58. The van der Waals surface area contributed by atoms with Crippen LogP contribution in [0.25, 0.3) is 5.82 Å². The fraction of sp³-hybridized carbons (Fsp3) is 0.545. The number of tetrazole rings is 1. The van der Waals surface area contributed by atoms with E-state index in [0.717, 1.165) is 43.4 Å². The van der Waals surface area contributed by atoms with E-state index >= 15 is 0 Å². The number of hydrogen-bond acceptors (Lipinski definition) is 8. The van der Waals surface area contributed by atoms with Crippen molar-refractivity contribution in [3.8, 4) is 5.82 Å². The van der Waals surface area contributed by atoms with E-state index < -0.39 is 0 Å². The average Bonchev–Trinajstić information content (AvgIpc) is 3.53. The van der Waals surface area contributed by atoms with Gasteiger partial charge < -0.3 is 15.0 Å². The number of nitrogens with one attached hydrogen (secondary N) is 1. The second kappa shape index (κ2) is 8.09. The summed E-state index contributed by atoms with van der Waals surface area (Å²) in [5.74, 6) is 0.532. The zero-order chi connectivity index (χ0) is 22.3. The average molecular weight is 438 g/mol. The van der Waals surface area contributed by atoms with Crippen molar-refractivity contribution in [3.63, 3.8) is 0 Å². The number of carbonyl (C=O) groups excluding carboxylic acids is 2. The highest BCUT2D eigenvalue weighted by atomic mass is 16.5. The van der Waals surface area contributed by atoms with E-state index in [0.29, 0.717) is 24.0 Å². The monoisotopic (exact) mass is 437 g/mol. The van der Waals surface area contributed by atoms with E-state index in [-0.39, 0.29) is 29.9 Å². The van der Waals surface area contributed by atoms with Crippen molar-refractivity contribution in [1.82, 2.24) is 35.4 Å². The lowest BCUT2D eigenvalue weighted by molar-refractivity contribution is -0.138. The Labute approximate surface area is 186 Å². The van der Waals surface area contributed by atoms with Crippen molar-refractivity contribution in [2.45, 2.75) is 58.0 Å². The van der Waals surface area contributed by atoms with Crippen molar-refractivity contribution >= 4 is 11.9 Å². The summed E-state index contributed by atoms with van der Waals surface area (Å²) >= 11 is 0. The highest BCUT2D eigenvalue weighted by molar-refractivity contribution is 5.94. The Hall–Kier alpha value is -3.14. The number of hydrogen-bond donors (Lipinski definition) is 1. The summed E-state index contributed by atoms with van der Waals surface area (Å²) in [5.41, 5.74) is 2.12. The molecule has 1 amide bonds. The van der Waals surface area contributed by atoms with Gasteiger partial charge in [0.25, 0.3) is 0 Å². The van der Waals surface area contributed by atoms with Gasteiger partial charge in [-0.15, -0.1) is 5.10 Å². The molecule has 0 bridgehead atoms. The van der Waals surface area contributed by atoms with Crippen molar-refractivity contribution < 1.29 is 14.3 Å². The number of aromatic nitrogens is 5. The smallest absolute Gasteiger partial charge is 0.336 e. The van der Waals surface area contributed by atoms with Crippen LogP contribution < -0.4 is 5.32 Å². The van der Waals surface area contributed by atoms with E-state index in [2.05, 4.69) is 32.7 Å². The van der Waals surface area contributed by atoms with Gasteiger partial charge in [0.1, 0.15) is 12.9 Å². The van der Waals surface area contributed by atoms with E-state index in [1.54, 1.807) is 11.8 Å². The van der Waals surface area contributed by atoms with Crippen LogP contribution in [0, 0.1) is 5.41 Å². The van der Waals surface area contributed by atoms with Crippen molar-refractivity contribution in [1.29, 1.82) is 0 Å². The van der Waals surface area contributed by atoms with Gasteiger partial charge >= 0.3 is 5.97 Å². The SMILES string of the molecule is CC1=C(N2CC[C@]3(CC[C@@H](N[C@@H](C)c4ccc(-n5cnnn5)nc4)CC3)C2=O)COC1=O. The molecule has 32 heavy (non-hydrogen) atoms. The lowest BCUT2D eigenvalue weighted by Crippen LogP contribution is -2.42. The van der Waals surface area contributed by atoms with Gasteiger partial charge in [-0.05, 0) is 68.0 Å². The number of nitrogens with zero attached hydrogens (tertiary/aromatic N) is 6. The first-order chi connectivity index (χ1) is 15.5. The molecule has 2 aromatic rings. The molecular formula is C22H27N7O3. The van der Waals surface area contributed by atoms with E-state index in [1.807, 2.05) is 18.3 Å². The molecule has 1 N–H and O–H groups in total. The number of cyclic esters (lactones) is 1. The van der Waals surface area contributed by atoms with Gasteiger partial charge in [-0.3, -0.25) is 4.79 Å². The van der Waals surface area contributed by atoms with Gasteiger partial charge in [0.05, 0.1) is 16.7 Å². The Morgan fingerprint density at radius 1 is 1.22 bits per heavy atom. The molecule has 10 nitrogen and oxygen atoms in total. The second-order valence-electron chi connectivity index (χ2n) is 9.00. The molecule has 1 saturated heterocycles. The molecule has 0 aromatic carbocycles. The number of rotatable bonds is 5. The van der Waals surface area contributed by atoms with E-state index in [1.165, 1.54) is 11.0 Å². The molecule has 0 radical (unpaired) electrons. The third-order valence-corrected chi connectivity index (χ3v) is 7.20. The van der Waals surface area contributed by atoms with Gasteiger partial charge in [0, 0.05) is 24.8 Å². The van der Waals surface area contributed by atoms with Crippen LogP contribution in [0.1, 0.15) is 57.6 Å². The third-order valence-electron chi connectivity index (χ3n) is 7.20. The standard InChI is InChI=1S/C22H27N7O3/c1-14-18(12-32-20(14)30)28-10-9-22(21(28)31)7-5-17(6-8-22)25-15(2)16-3-4-19(23-11-16)29-13-24-26-27-29/h3-4,11,13,15,17,25H,5-10,12H2,1-2H3/t15-,17-,22-/m0/s1. The maximum atomic E-state index is 13.3. The molecule has 5 rings (SSSR count). The highest BCUT2D eigenvalue weighted by Crippen LogP contribution is 2.46. The Kier molecular flexibility index (Phi) is 5.24. The fourth-order valence-electron chi connectivity index (χ4n) is 5.13. The van der Waals surface area contributed by atoms with E-state index in [4.69, 9.17) is 4.74 Å². The zero-order valence-corrected chi connectivity index (χ0v) is 18.3. The summed E-state index contributed by atoms with van der Waals surface area (Å²) in [7, 11) is 0. The number of carbonyl (C=O) groups is 2. The minimum atomic E-state index is -0.309. The van der Waals surface area contributed by atoms with Gasteiger partial charge in [-0.2, -0.15) is 4.68 Å². The zero-order valence-electron chi connectivity index (χ0n) is 18.3. The maximum Gasteiger partial charge on any atom is 0.336 e. The Morgan fingerprint density at radius 3 is 2.66 bits per heavy atom. The lowest BCUT2D eigenvalue weighted by Gasteiger charge is -2.37. The summed E-state index contributed by atoms with van der Waals surface area (Å²) in [6.45, 7) is 4.77. The summed E-state index contributed by atoms with van der Waals surface area (Å²) < 4.78 is 6.64. The van der Waals surface area contributed by atoms with Crippen molar-refractivity contribution in [2.24, 2.45) is 5.41 Å². The van der Waals surface area contributed by atoms with Crippen LogP contribution in [-0.4, -0.2) is 61.2 Å². The molecule has 3 aliphatic rings. The molecule has 4 heterocycles. The van der Waals surface area contributed by atoms with Crippen molar-refractivity contribution in [3.05, 3.63) is 41.5 Å². The molecular weight excluding hydrogens is 410 g/mol. The lowest BCUT2D eigenvalue weighted by atomic mass is 9.71. The fourth-order valence-corrected chi connectivity index (χ4v) is 5.13. The molecule has 10 heteroatoms. The summed E-state index contributed by atoms with van der Waals surface area (Å²) in [6, 6.07) is 4.44. The summed E-state index contributed by atoms with van der Waals surface area (Å²) in [5, 5.41) is 14.8. The first-order valence-electron chi connectivity index (χ1n) is 11.1. The second-order valence-corrected chi connectivity index (χ2v) is 9.00. The predicted octanol–water partition coefficient (Wildman–Crippen LogP) is 1.70. The van der Waals surface area contributed by atoms with Gasteiger partial charge in [-0.25, -0.2) is 9.78 Å². The van der Waals surface area contributed by atoms with Crippen molar-refractivity contribution in [2.75, 3.05) is 13.2 Å². The maximum absolute atomic E-state index is 13.3. The quantitative estimate of drug-likeness (QED) is 0.703. The van der Waals surface area contributed by atoms with Crippen LogP contribution in [0.3, 0.4) is 0 Å². The molecule has 1 aliphatic carbocycles. The molecule has 1 atom stereocenters. The summed E-state index contributed by atoms with van der Waals surface area (Å²) in [4.78, 5) is 31.3. The minimum absolute atomic E-state index is 0.148. The first kappa shape index (κ1) is 20.7. The highest BCUT2D eigenvalue weighted by Gasteiger charge is 2.50. The predicted molar refractivity (Wildman–Crippen MR) is 113 cm³/mol. The van der Waals surface area contributed by atoms with Crippen LogP contribution in [0.4, 0.5) is 0 Å². The minimum Gasteiger partial charge on any atom is -0.456 e. The number of amides is 1. The first-order valence-corrected chi connectivity index (χ1v) is 11.1. The number of pyridine rings is 1. The molecule has 2 fully saturated rings. The Bertz CT molecular complexity index is 1040. The molecule has 1 spiro atoms. The molecule has 2 aromatic heterocycles. The summed E-state index contributed by atoms with van der Waals surface area (Å²) in [6.07, 6.45) is 7.85. The molecule has 0 unspecified atom stereocenters. The molecule has 2 aliphatic heterocycles. The van der Waals surface area contributed by atoms with Gasteiger partial charge in [0.2, 0.25) is 5.91 Å². The topological polar surface area (TPSA) is 115 Å². The Morgan fingerprint density at radius 2 is 2.03 bits per heavy atom. The number of ether oxygens (including phenoxy) is 1. The van der Waals surface area contributed by atoms with Gasteiger partial charge in [-0.1, -0.05) is 6.07 Å². The van der Waals surface area contributed by atoms with Crippen LogP contribution in [-0.2, 0) is 14.3 Å². The number of esters is 1. The van der Waals surface area contributed by atoms with Crippen LogP contribution in [0.15, 0.2) is 35.9 Å².